The van der Waals surface area contributed by atoms with E-state index in [0.717, 1.165) is 61.8 Å². The highest BCUT2D eigenvalue weighted by molar-refractivity contribution is 6.14. The van der Waals surface area contributed by atoms with Crippen LogP contribution in [0, 0.1) is 0 Å². The first kappa shape index (κ1) is 33.3. The van der Waals surface area contributed by atoms with Crippen molar-refractivity contribution in [1.82, 2.24) is 0 Å². The van der Waals surface area contributed by atoms with Gasteiger partial charge < -0.3 is 20.8 Å². The Morgan fingerprint density at radius 1 is 0.522 bits per heavy atom. The Morgan fingerprint density at radius 2 is 0.870 bits per heavy atom. The normalized spacial score (nSPS) is 10.7. The minimum Gasteiger partial charge on any atom is -0.478 e. The Bertz CT molecular complexity index is 1630. The number of aryl methyl sites for hydroxylation is 2. The number of benzene rings is 4. The van der Waals surface area contributed by atoms with Gasteiger partial charge in [-0.15, -0.1) is 0 Å². The van der Waals surface area contributed by atoms with Gasteiger partial charge in [-0.05, 0) is 97.5 Å². The molecule has 0 aliphatic carbocycles. The highest BCUT2D eigenvalue weighted by Gasteiger charge is 2.21. The average molecular weight is 621 g/mol. The van der Waals surface area contributed by atoms with Gasteiger partial charge in [-0.2, -0.15) is 0 Å². The Hall–Kier alpha value is -5.57. The smallest absolute Gasteiger partial charge is 0.337 e. The van der Waals surface area contributed by atoms with Crippen LogP contribution in [0.2, 0.25) is 0 Å². The summed E-state index contributed by atoms with van der Waals surface area (Å²) in [5, 5.41) is 24.9. The number of rotatable bonds is 14. The van der Waals surface area contributed by atoms with Crippen molar-refractivity contribution in [1.29, 1.82) is 0 Å². The molecule has 0 aliphatic rings. The Labute approximate surface area is 267 Å². The summed E-state index contributed by atoms with van der Waals surface area (Å²) in [4.78, 5) is 63.2. The molecule has 46 heavy (non-hydrogen) atoms. The van der Waals surface area contributed by atoms with E-state index in [1.807, 2.05) is 24.3 Å². The largest absolute Gasteiger partial charge is 0.478 e. The van der Waals surface area contributed by atoms with Crippen molar-refractivity contribution in [3.8, 4) is 0 Å². The zero-order chi connectivity index (χ0) is 33.2. The third-order valence-corrected chi connectivity index (χ3v) is 7.59. The summed E-state index contributed by atoms with van der Waals surface area (Å²) < 4.78 is 0. The molecule has 9 nitrogen and oxygen atoms in total. The van der Waals surface area contributed by atoms with Gasteiger partial charge >= 0.3 is 11.9 Å². The molecule has 2 amide bonds. The van der Waals surface area contributed by atoms with Crippen LogP contribution < -0.4 is 10.6 Å². The maximum atomic E-state index is 13.4. The lowest BCUT2D eigenvalue weighted by molar-refractivity contribution is 0.0687. The van der Waals surface area contributed by atoms with Crippen LogP contribution in [0.15, 0.2) is 84.9 Å². The van der Waals surface area contributed by atoms with Gasteiger partial charge in [-0.1, -0.05) is 51.0 Å². The molecule has 0 fully saturated rings. The van der Waals surface area contributed by atoms with Gasteiger partial charge in [-0.25, -0.2) is 9.59 Å². The van der Waals surface area contributed by atoms with Crippen LogP contribution in [-0.4, -0.2) is 39.7 Å². The van der Waals surface area contributed by atoms with Crippen LogP contribution in [-0.2, 0) is 12.8 Å². The Kier molecular flexibility index (Phi) is 11.2. The van der Waals surface area contributed by atoms with E-state index in [0.29, 0.717) is 11.1 Å². The molecule has 0 bridgehead atoms. The number of amides is 2. The van der Waals surface area contributed by atoms with Crippen molar-refractivity contribution >= 4 is 40.9 Å². The second-order valence-corrected chi connectivity index (χ2v) is 11.0. The third-order valence-electron chi connectivity index (χ3n) is 7.59. The highest BCUT2D eigenvalue weighted by Crippen LogP contribution is 2.24. The number of anilines is 2. The van der Waals surface area contributed by atoms with Crippen LogP contribution >= 0.6 is 0 Å². The van der Waals surface area contributed by atoms with Crippen LogP contribution in [0.5, 0.6) is 0 Å². The molecule has 0 unspecified atom stereocenters. The van der Waals surface area contributed by atoms with Gasteiger partial charge in [0.1, 0.15) is 0 Å². The molecule has 236 valence electrons. The molecule has 0 aliphatic heterocycles. The van der Waals surface area contributed by atoms with Crippen molar-refractivity contribution in [3.05, 3.63) is 129 Å². The Morgan fingerprint density at radius 3 is 1.20 bits per heavy atom. The molecule has 4 N–H and O–H groups in total. The first-order valence-electron chi connectivity index (χ1n) is 15.2. The number of carbonyl (C=O) groups excluding carboxylic acids is 3. The molecule has 0 saturated heterocycles. The topological polar surface area (TPSA) is 150 Å². The standard InChI is InChI=1S/C37H36N2O7/c1-3-5-7-23-9-13-25(14-10-23)34(41)38-31-19-17-27(21-29(31)36(43)44)33(40)28-18-20-32(30(22-28)37(45)46)39-35(42)26-15-11-24(12-16-26)8-6-4-2/h9-22H,3-8H2,1-2H3,(H,38,41)(H,39,42)(H,43,44)(H,45,46). The SMILES string of the molecule is CCCCc1ccc(C(=O)Nc2ccc(C(=O)c3ccc(NC(=O)c4ccc(CCCC)cc4)c(C(=O)O)c3)cc2C(=O)O)cc1. The molecule has 4 aromatic rings. The number of aromatic carboxylic acids is 2. The summed E-state index contributed by atoms with van der Waals surface area (Å²) in [5.74, 6) is -4.35. The summed E-state index contributed by atoms with van der Waals surface area (Å²) in [5.41, 5.74) is 2.27. The van der Waals surface area contributed by atoms with Crippen LogP contribution in [0.3, 0.4) is 0 Å². The van der Waals surface area contributed by atoms with Crippen LogP contribution in [0.1, 0.15) is 108 Å². The van der Waals surface area contributed by atoms with Gasteiger partial charge in [-0.3, -0.25) is 14.4 Å². The molecular formula is C37H36N2O7. The van der Waals surface area contributed by atoms with E-state index in [1.165, 1.54) is 24.3 Å². The fraction of sp³-hybridized carbons (Fsp3) is 0.216. The molecule has 0 atom stereocenters. The van der Waals surface area contributed by atoms with Gasteiger partial charge in [0.05, 0.1) is 22.5 Å². The number of carboxylic acids is 2. The van der Waals surface area contributed by atoms with Gasteiger partial charge in [0.25, 0.3) is 11.8 Å². The predicted molar refractivity (Wildman–Crippen MR) is 176 cm³/mol. The van der Waals surface area contributed by atoms with Gasteiger partial charge in [0, 0.05) is 22.3 Å². The molecule has 4 aromatic carbocycles. The number of carboxylic acid groups (broad SMARTS) is 2. The van der Waals surface area contributed by atoms with E-state index >= 15 is 0 Å². The minimum absolute atomic E-state index is 0.00629. The third kappa shape index (κ3) is 8.32. The molecule has 0 aromatic heterocycles. The van der Waals surface area contributed by atoms with Crippen LogP contribution in [0.25, 0.3) is 0 Å². The molecule has 0 saturated carbocycles. The maximum Gasteiger partial charge on any atom is 0.337 e. The summed E-state index contributed by atoms with van der Waals surface area (Å²) in [7, 11) is 0. The number of hydrogen-bond acceptors (Lipinski definition) is 5. The molecule has 0 spiro atoms. The lowest BCUT2D eigenvalue weighted by atomic mass is 9.98. The van der Waals surface area contributed by atoms with Crippen LogP contribution in [0.4, 0.5) is 11.4 Å². The number of nitrogens with one attached hydrogen (secondary N) is 2. The first-order valence-corrected chi connectivity index (χ1v) is 15.2. The summed E-state index contributed by atoms with van der Waals surface area (Å²) in [6.45, 7) is 4.20. The lowest BCUT2D eigenvalue weighted by Crippen LogP contribution is -2.16. The predicted octanol–water partition coefficient (Wildman–Crippen LogP) is 7.50. The van der Waals surface area contributed by atoms with Crippen molar-refractivity contribution in [2.45, 2.75) is 52.4 Å². The number of unbranched alkanes of at least 4 members (excludes halogenated alkanes) is 2. The van der Waals surface area contributed by atoms with Crippen molar-refractivity contribution < 1.29 is 34.2 Å². The maximum absolute atomic E-state index is 13.4. The van der Waals surface area contributed by atoms with E-state index in [-0.39, 0.29) is 33.6 Å². The highest BCUT2D eigenvalue weighted by atomic mass is 16.4. The monoisotopic (exact) mass is 620 g/mol. The zero-order valence-electron chi connectivity index (χ0n) is 25.8. The number of ketones is 1. The van der Waals surface area contributed by atoms with E-state index in [4.69, 9.17) is 0 Å². The second-order valence-electron chi connectivity index (χ2n) is 11.0. The van der Waals surface area contributed by atoms with Gasteiger partial charge in [0.15, 0.2) is 5.78 Å². The molecule has 0 heterocycles. The average Bonchev–Trinajstić information content (AvgIpc) is 3.06. The molecule has 9 heteroatoms. The quantitative estimate of drug-likeness (QED) is 0.107. The fourth-order valence-electron chi connectivity index (χ4n) is 4.91. The Balaban J connectivity index is 1.52. The molecular weight excluding hydrogens is 584 g/mol. The zero-order valence-corrected chi connectivity index (χ0v) is 25.8. The van der Waals surface area contributed by atoms with E-state index in [1.54, 1.807) is 24.3 Å². The summed E-state index contributed by atoms with van der Waals surface area (Å²) in [6.07, 6.45) is 5.97. The van der Waals surface area contributed by atoms with Crippen molar-refractivity contribution in [2.24, 2.45) is 0 Å². The summed E-state index contributed by atoms with van der Waals surface area (Å²) >= 11 is 0. The number of hydrogen-bond donors (Lipinski definition) is 4. The van der Waals surface area contributed by atoms with Crippen molar-refractivity contribution in [2.75, 3.05) is 10.6 Å². The van der Waals surface area contributed by atoms with Gasteiger partial charge in [0.2, 0.25) is 0 Å². The first-order chi connectivity index (χ1) is 22.1. The number of carbonyl (C=O) groups is 5. The minimum atomic E-state index is -1.36. The molecule has 4 rings (SSSR count). The van der Waals surface area contributed by atoms with Crippen molar-refractivity contribution in [3.63, 3.8) is 0 Å². The summed E-state index contributed by atoms with van der Waals surface area (Å²) in [6, 6.07) is 21.8. The fourth-order valence-corrected chi connectivity index (χ4v) is 4.91. The van der Waals surface area contributed by atoms with E-state index in [2.05, 4.69) is 24.5 Å². The lowest BCUT2D eigenvalue weighted by Gasteiger charge is -2.12. The van der Waals surface area contributed by atoms with E-state index < -0.39 is 29.5 Å². The van der Waals surface area contributed by atoms with E-state index in [9.17, 15) is 34.2 Å². The second kappa shape index (κ2) is 15.4. The molecule has 0 radical (unpaired) electrons.